The largest absolute Gasteiger partial charge is 0.372 e. The van der Waals surface area contributed by atoms with E-state index in [2.05, 4.69) is 0 Å². The lowest BCUT2D eigenvalue weighted by Gasteiger charge is -2.37. The maximum absolute atomic E-state index is 13.5. The van der Waals surface area contributed by atoms with E-state index in [1.807, 2.05) is 49.1 Å². The van der Waals surface area contributed by atoms with Gasteiger partial charge in [0, 0.05) is 18.1 Å². The molecule has 0 radical (unpaired) electrons. The van der Waals surface area contributed by atoms with Crippen LogP contribution in [0.1, 0.15) is 19.4 Å². The van der Waals surface area contributed by atoms with E-state index in [0.29, 0.717) is 34.9 Å². The average Bonchev–Trinajstić information content (AvgIpc) is 2.94. The first-order valence-corrected chi connectivity index (χ1v) is 10.2. The van der Waals surface area contributed by atoms with Gasteiger partial charge >= 0.3 is 0 Å². The Morgan fingerprint density at radius 3 is 2.24 bits per heavy atom. The van der Waals surface area contributed by atoms with Gasteiger partial charge in [-0.1, -0.05) is 53.5 Å². The van der Waals surface area contributed by atoms with Gasteiger partial charge in [-0.25, -0.2) is 4.90 Å². The third-order valence-corrected chi connectivity index (χ3v) is 5.56. The summed E-state index contributed by atoms with van der Waals surface area (Å²) >= 11 is 12.4. The fraction of sp³-hybridized carbons (Fsp3) is 0.273. The van der Waals surface area contributed by atoms with Crippen molar-refractivity contribution in [2.45, 2.75) is 26.1 Å². The monoisotopic (exact) mass is 430 g/mol. The lowest BCUT2D eigenvalue weighted by molar-refractivity contribution is -0.121. The van der Waals surface area contributed by atoms with Crippen molar-refractivity contribution >= 4 is 46.3 Å². The van der Waals surface area contributed by atoms with E-state index in [4.69, 9.17) is 27.9 Å². The van der Waals surface area contributed by atoms with Crippen molar-refractivity contribution in [1.82, 2.24) is 4.90 Å². The summed E-state index contributed by atoms with van der Waals surface area (Å²) in [5.74, 6) is -0.813. The van der Waals surface area contributed by atoms with E-state index in [1.165, 1.54) is 6.07 Å². The molecule has 2 aromatic carbocycles. The van der Waals surface area contributed by atoms with Crippen LogP contribution in [0.2, 0.25) is 10.0 Å². The van der Waals surface area contributed by atoms with Crippen molar-refractivity contribution in [3.05, 3.63) is 69.8 Å². The van der Waals surface area contributed by atoms with Crippen LogP contribution in [0.3, 0.4) is 0 Å². The predicted molar refractivity (Wildman–Crippen MR) is 114 cm³/mol. The first-order chi connectivity index (χ1) is 13.9. The van der Waals surface area contributed by atoms with Crippen molar-refractivity contribution < 1.29 is 14.3 Å². The zero-order valence-electron chi connectivity index (χ0n) is 16.1. The summed E-state index contributed by atoms with van der Waals surface area (Å²) < 4.78 is 5.81. The molecule has 2 heterocycles. The summed E-state index contributed by atoms with van der Waals surface area (Å²) in [5.41, 5.74) is 1.72. The maximum atomic E-state index is 13.5. The van der Waals surface area contributed by atoms with Gasteiger partial charge in [0.1, 0.15) is 5.70 Å². The van der Waals surface area contributed by atoms with Crippen LogP contribution in [0.5, 0.6) is 0 Å². The molecule has 4 rings (SSSR count). The molecule has 2 aliphatic heterocycles. The second-order valence-corrected chi connectivity index (χ2v) is 8.14. The molecule has 29 heavy (non-hydrogen) atoms. The molecule has 1 saturated heterocycles. The molecule has 0 N–H and O–H groups in total. The van der Waals surface area contributed by atoms with Gasteiger partial charge in [-0.15, -0.1) is 0 Å². The number of halogens is 2. The lowest BCUT2D eigenvalue weighted by atomic mass is 10.0. The number of rotatable bonds is 3. The van der Waals surface area contributed by atoms with Crippen LogP contribution >= 0.6 is 23.2 Å². The van der Waals surface area contributed by atoms with Crippen LogP contribution in [-0.4, -0.2) is 42.0 Å². The van der Waals surface area contributed by atoms with Crippen LogP contribution in [0.15, 0.2) is 54.2 Å². The molecule has 7 heteroatoms. The average molecular weight is 431 g/mol. The Hall–Kier alpha value is -2.34. The minimum Gasteiger partial charge on any atom is -0.372 e. The minimum atomic E-state index is -0.410. The molecule has 1 fully saturated rings. The van der Waals surface area contributed by atoms with Crippen LogP contribution in [0, 0.1) is 0 Å². The first-order valence-electron chi connectivity index (χ1n) is 9.40. The van der Waals surface area contributed by atoms with Gasteiger partial charge < -0.3 is 9.64 Å². The van der Waals surface area contributed by atoms with Gasteiger partial charge in [0.2, 0.25) is 0 Å². The number of hydrogen-bond donors (Lipinski definition) is 0. The molecule has 2 unspecified atom stereocenters. The van der Waals surface area contributed by atoms with Gasteiger partial charge in [-0.2, -0.15) is 0 Å². The number of hydrogen-bond acceptors (Lipinski definition) is 4. The van der Waals surface area contributed by atoms with Crippen LogP contribution < -0.4 is 4.90 Å². The Kier molecular flexibility index (Phi) is 5.38. The van der Waals surface area contributed by atoms with Gasteiger partial charge in [0.05, 0.1) is 28.5 Å². The number of carbonyl (C=O) groups excluding carboxylic acids is 2. The smallest absolute Gasteiger partial charge is 0.282 e. The molecule has 5 nitrogen and oxygen atoms in total. The number of benzene rings is 2. The number of nitrogens with zero attached hydrogens (tertiary/aromatic N) is 2. The zero-order chi connectivity index (χ0) is 20.7. The standard InChI is InChI=1S/C22H20Cl2N2O3/c1-13-11-25(12-14(2)29-13)20-19(15-6-4-3-5-7-15)21(27)26(22(20)28)18-10-16(23)8-9-17(18)24/h3-10,13-14H,11-12H2,1-2H3. The summed E-state index contributed by atoms with van der Waals surface area (Å²) in [6, 6.07) is 14.0. The molecule has 0 spiro atoms. The predicted octanol–water partition coefficient (Wildman–Crippen LogP) is 4.39. The van der Waals surface area contributed by atoms with Gasteiger partial charge in [0.25, 0.3) is 11.8 Å². The van der Waals surface area contributed by atoms with Crippen molar-refractivity contribution in [2.75, 3.05) is 18.0 Å². The van der Waals surface area contributed by atoms with E-state index in [0.717, 1.165) is 4.90 Å². The third kappa shape index (κ3) is 3.66. The number of anilines is 1. The molecule has 2 aliphatic rings. The summed E-state index contributed by atoms with van der Waals surface area (Å²) in [5, 5.41) is 0.682. The van der Waals surface area contributed by atoms with E-state index < -0.39 is 11.8 Å². The Morgan fingerprint density at radius 2 is 1.59 bits per heavy atom. The van der Waals surface area contributed by atoms with E-state index in [9.17, 15) is 9.59 Å². The van der Waals surface area contributed by atoms with Crippen molar-refractivity contribution in [3.63, 3.8) is 0 Å². The molecule has 2 atom stereocenters. The van der Waals surface area contributed by atoms with Gasteiger partial charge in [0.15, 0.2) is 0 Å². The molecule has 0 aromatic heterocycles. The number of ether oxygens (including phenoxy) is 1. The van der Waals surface area contributed by atoms with Crippen LogP contribution in [0.25, 0.3) is 5.57 Å². The Balaban J connectivity index is 1.86. The second kappa shape index (κ2) is 7.82. The third-order valence-electron chi connectivity index (χ3n) is 5.01. The second-order valence-electron chi connectivity index (χ2n) is 7.29. The van der Waals surface area contributed by atoms with Crippen LogP contribution in [-0.2, 0) is 14.3 Å². The van der Waals surface area contributed by atoms with Crippen molar-refractivity contribution in [3.8, 4) is 0 Å². The number of amides is 2. The highest BCUT2D eigenvalue weighted by Crippen LogP contribution is 2.39. The molecule has 0 saturated carbocycles. The molecule has 2 aromatic rings. The molecular weight excluding hydrogens is 411 g/mol. The van der Waals surface area contributed by atoms with Crippen molar-refractivity contribution in [1.29, 1.82) is 0 Å². The molecule has 0 bridgehead atoms. The highest BCUT2D eigenvalue weighted by atomic mass is 35.5. The maximum Gasteiger partial charge on any atom is 0.282 e. The minimum absolute atomic E-state index is 0.0602. The van der Waals surface area contributed by atoms with Gasteiger partial charge in [-0.05, 0) is 37.6 Å². The van der Waals surface area contributed by atoms with E-state index >= 15 is 0 Å². The van der Waals surface area contributed by atoms with E-state index in [1.54, 1.807) is 12.1 Å². The highest BCUT2D eigenvalue weighted by Gasteiger charge is 2.44. The SMILES string of the molecule is CC1CN(C2=C(c3ccccc3)C(=O)N(c3cc(Cl)ccc3Cl)C2=O)CC(C)O1. The number of morpholine rings is 1. The molecule has 0 aliphatic carbocycles. The van der Waals surface area contributed by atoms with Gasteiger partial charge in [-0.3, -0.25) is 9.59 Å². The molecule has 2 amide bonds. The summed E-state index contributed by atoms with van der Waals surface area (Å²) in [6.07, 6.45) is -0.120. The fourth-order valence-corrected chi connectivity index (χ4v) is 4.28. The number of carbonyl (C=O) groups is 2. The lowest BCUT2D eigenvalue weighted by Crippen LogP contribution is -2.47. The summed E-state index contributed by atoms with van der Waals surface area (Å²) in [7, 11) is 0. The fourth-order valence-electron chi connectivity index (χ4n) is 3.91. The zero-order valence-corrected chi connectivity index (χ0v) is 17.6. The van der Waals surface area contributed by atoms with Crippen LogP contribution in [0.4, 0.5) is 5.69 Å². The van der Waals surface area contributed by atoms with E-state index in [-0.39, 0.29) is 22.9 Å². The van der Waals surface area contributed by atoms with Crippen molar-refractivity contribution in [2.24, 2.45) is 0 Å². The number of imide groups is 1. The molecular formula is C22H20Cl2N2O3. The summed E-state index contributed by atoms with van der Waals surface area (Å²) in [4.78, 5) is 30.1. The normalized spacial score (nSPS) is 22.6. The molecule has 150 valence electrons. The topological polar surface area (TPSA) is 49.9 Å². The Bertz CT molecular complexity index is 996. The summed E-state index contributed by atoms with van der Waals surface area (Å²) in [6.45, 7) is 4.95. The Morgan fingerprint density at radius 1 is 0.931 bits per heavy atom. The highest BCUT2D eigenvalue weighted by molar-refractivity contribution is 6.47. The first kappa shape index (κ1) is 20.0. The quantitative estimate of drug-likeness (QED) is 0.677. The Labute approximate surface area is 179 Å².